The lowest BCUT2D eigenvalue weighted by atomic mass is 10.0. The summed E-state index contributed by atoms with van der Waals surface area (Å²) in [4.78, 5) is 27.9. The summed E-state index contributed by atoms with van der Waals surface area (Å²) in [5.74, 6) is 0.0347. The van der Waals surface area contributed by atoms with Crippen molar-refractivity contribution in [1.82, 2.24) is 4.90 Å². The predicted octanol–water partition coefficient (Wildman–Crippen LogP) is 1.98. The molecule has 0 saturated carbocycles. The topological polar surface area (TPSA) is 60.9 Å². The summed E-state index contributed by atoms with van der Waals surface area (Å²) in [5, 5.41) is 9.90. The lowest BCUT2D eigenvalue weighted by molar-refractivity contribution is -0.133. The third-order valence-corrected chi connectivity index (χ3v) is 4.05. The Bertz CT molecular complexity index is 578. The van der Waals surface area contributed by atoms with Crippen molar-refractivity contribution in [3.63, 3.8) is 0 Å². The Balaban J connectivity index is 2.02. The molecule has 0 radical (unpaired) electrons. The molecule has 2 amide bonds. The summed E-state index contributed by atoms with van der Waals surface area (Å²) in [7, 11) is 0. The number of aliphatic hydroxyl groups is 1. The SMILES string of the molecule is CCN(CC(C)(C)O)C(=O)CCN1C(=O)CCc2ccccc21. The Labute approximate surface area is 137 Å². The van der Waals surface area contributed by atoms with E-state index in [1.165, 1.54) is 0 Å². The van der Waals surface area contributed by atoms with Crippen LogP contribution in [0, 0.1) is 0 Å². The van der Waals surface area contributed by atoms with Crippen molar-refractivity contribution in [2.24, 2.45) is 0 Å². The maximum atomic E-state index is 12.4. The zero-order valence-corrected chi connectivity index (χ0v) is 14.2. The number of nitrogens with zero attached hydrogens (tertiary/aromatic N) is 2. The van der Waals surface area contributed by atoms with E-state index in [9.17, 15) is 14.7 Å². The standard InChI is InChI=1S/C18H26N2O3/c1-4-19(13-18(2,3)23)16(21)11-12-20-15-8-6-5-7-14(15)9-10-17(20)22/h5-8,23H,4,9-13H2,1-3H3. The summed E-state index contributed by atoms with van der Waals surface area (Å²) in [6.07, 6.45) is 1.52. The molecule has 1 aliphatic rings. The molecule has 1 N–H and O–H groups in total. The van der Waals surface area contributed by atoms with Gasteiger partial charge in [0.2, 0.25) is 11.8 Å². The molecule has 0 aromatic heterocycles. The number of likely N-dealkylation sites (N-methyl/N-ethyl adjacent to an activating group) is 1. The summed E-state index contributed by atoms with van der Waals surface area (Å²) in [6, 6.07) is 7.85. The maximum Gasteiger partial charge on any atom is 0.227 e. The smallest absolute Gasteiger partial charge is 0.227 e. The Morgan fingerprint density at radius 2 is 2.00 bits per heavy atom. The van der Waals surface area contributed by atoms with Gasteiger partial charge in [0.1, 0.15) is 0 Å². The van der Waals surface area contributed by atoms with Crippen LogP contribution in [0.4, 0.5) is 5.69 Å². The van der Waals surface area contributed by atoms with Gasteiger partial charge in [0.25, 0.3) is 0 Å². The van der Waals surface area contributed by atoms with Crippen molar-refractivity contribution in [3.05, 3.63) is 29.8 Å². The number of hydrogen-bond donors (Lipinski definition) is 1. The Morgan fingerprint density at radius 1 is 1.30 bits per heavy atom. The van der Waals surface area contributed by atoms with Crippen molar-refractivity contribution < 1.29 is 14.7 Å². The van der Waals surface area contributed by atoms with Gasteiger partial charge in [-0.2, -0.15) is 0 Å². The summed E-state index contributed by atoms with van der Waals surface area (Å²) in [5.41, 5.74) is 1.16. The van der Waals surface area contributed by atoms with E-state index in [4.69, 9.17) is 0 Å². The molecule has 0 bridgehead atoms. The average molecular weight is 318 g/mol. The predicted molar refractivity (Wildman–Crippen MR) is 90.3 cm³/mol. The van der Waals surface area contributed by atoms with Crippen LogP contribution in [0.15, 0.2) is 24.3 Å². The van der Waals surface area contributed by atoms with Gasteiger partial charge >= 0.3 is 0 Å². The molecule has 0 fully saturated rings. The minimum atomic E-state index is -0.917. The van der Waals surface area contributed by atoms with Gasteiger partial charge in [-0.25, -0.2) is 0 Å². The fourth-order valence-electron chi connectivity index (χ4n) is 2.95. The van der Waals surface area contributed by atoms with Crippen LogP contribution in [0.1, 0.15) is 39.2 Å². The van der Waals surface area contributed by atoms with Crippen molar-refractivity contribution in [2.45, 2.75) is 45.6 Å². The second kappa shape index (κ2) is 7.13. The first-order chi connectivity index (χ1) is 10.8. The van der Waals surface area contributed by atoms with Crippen LogP contribution in [-0.2, 0) is 16.0 Å². The molecule has 1 aromatic carbocycles. The van der Waals surface area contributed by atoms with Crippen LogP contribution in [0.25, 0.3) is 0 Å². The zero-order chi connectivity index (χ0) is 17.0. The van der Waals surface area contributed by atoms with Crippen LogP contribution >= 0.6 is 0 Å². The van der Waals surface area contributed by atoms with E-state index in [1.807, 2.05) is 31.2 Å². The number of carbonyl (C=O) groups excluding carboxylic acids is 2. The van der Waals surface area contributed by atoms with Crippen LogP contribution < -0.4 is 4.90 Å². The van der Waals surface area contributed by atoms with Crippen LogP contribution in [0.2, 0.25) is 0 Å². The number of anilines is 1. The van der Waals surface area contributed by atoms with Gasteiger partial charge in [0.15, 0.2) is 0 Å². The second-order valence-corrected chi connectivity index (χ2v) is 6.64. The van der Waals surface area contributed by atoms with Gasteiger partial charge < -0.3 is 14.9 Å². The van der Waals surface area contributed by atoms with E-state index in [1.54, 1.807) is 23.6 Å². The van der Waals surface area contributed by atoms with Gasteiger partial charge in [0, 0.05) is 38.2 Å². The average Bonchev–Trinajstić information content (AvgIpc) is 2.50. The van der Waals surface area contributed by atoms with E-state index >= 15 is 0 Å². The number of fused-ring (bicyclic) bond motifs is 1. The molecule has 0 aliphatic carbocycles. The fraction of sp³-hybridized carbons (Fsp3) is 0.556. The molecule has 1 heterocycles. The lowest BCUT2D eigenvalue weighted by Crippen LogP contribution is -2.44. The van der Waals surface area contributed by atoms with E-state index < -0.39 is 5.60 Å². The molecule has 0 spiro atoms. The van der Waals surface area contributed by atoms with Gasteiger partial charge in [-0.3, -0.25) is 9.59 Å². The summed E-state index contributed by atoms with van der Waals surface area (Å²) < 4.78 is 0. The van der Waals surface area contributed by atoms with E-state index in [-0.39, 0.29) is 18.2 Å². The summed E-state index contributed by atoms with van der Waals surface area (Å²) in [6.45, 7) is 6.50. The quantitative estimate of drug-likeness (QED) is 0.872. The van der Waals surface area contributed by atoms with Crippen LogP contribution in [-0.4, -0.2) is 47.1 Å². The Kier molecular flexibility index (Phi) is 5.42. The van der Waals surface area contributed by atoms with E-state index in [2.05, 4.69) is 0 Å². The molecule has 5 heteroatoms. The first-order valence-electron chi connectivity index (χ1n) is 8.20. The van der Waals surface area contributed by atoms with Crippen molar-refractivity contribution in [3.8, 4) is 0 Å². The third kappa shape index (κ3) is 4.55. The minimum Gasteiger partial charge on any atom is -0.389 e. The summed E-state index contributed by atoms with van der Waals surface area (Å²) >= 11 is 0. The number of amides is 2. The molecule has 1 aliphatic heterocycles. The monoisotopic (exact) mass is 318 g/mol. The zero-order valence-electron chi connectivity index (χ0n) is 14.2. The molecule has 126 valence electrons. The molecule has 0 saturated heterocycles. The first-order valence-corrected chi connectivity index (χ1v) is 8.20. The normalized spacial score (nSPS) is 14.6. The molecular formula is C18H26N2O3. The molecule has 1 aromatic rings. The highest BCUT2D eigenvalue weighted by atomic mass is 16.3. The van der Waals surface area contributed by atoms with Crippen molar-refractivity contribution >= 4 is 17.5 Å². The van der Waals surface area contributed by atoms with Crippen molar-refractivity contribution in [2.75, 3.05) is 24.5 Å². The molecule has 0 atom stereocenters. The number of carbonyl (C=O) groups is 2. The number of hydrogen-bond acceptors (Lipinski definition) is 3. The Hall–Kier alpha value is -1.88. The van der Waals surface area contributed by atoms with Crippen molar-refractivity contribution in [1.29, 1.82) is 0 Å². The number of benzene rings is 1. The first kappa shape index (κ1) is 17.5. The van der Waals surface area contributed by atoms with Gasteiger partial charge in [-0.1, -0.05) is 18.2 Å². The number of para-hydroxylation sites is 1. The molecule has 23 heavy (non-hydrogen) atoms. The fourth-order valence-corrected chi connectivity index (χ4v) is 2.95. The maximum absolute atomic E-state index is 12.4. The van der Waals surface area contributed by atoms with Gasteiger partial charge in [-0.15, -0.1) is 0 Å². The van der Waals surface area contributed by atoms with Gasteiger partial charge in [-0.05, 0) is 38.8 Å². The number of aryl methyl sites for hydroxylation is 1. The number of rotatable bonds is 6. The van der Waals surface area contributed by atoms with E-state index in [0.29, 0.717) is 26.1 Å². The van der Waals surface area contributed by atoms with Gasteiger partial charge in [0.05, 0.1) is 5.60 Å². The van der Waals surface area contributed by atoms with Crippen LogP contribution in [0.5, 0.6) is 0 Å². The molecule has 2 rings (SSSR count). The largest absolute Gasteiger partial charge is 0.389 e. The third-order valence-electron chi connectivity index (χ3n) is 4.05. The molecule has 0 unspecified atom stereocenters. The minimum absolute atomic E-state index is 0.0366. The Morgan fingerprint density at radius 3 is 2.65 bits per heavy atom. The highest BCUT2D eigenvalue weighted by molar-refractivity contribution is 5.97. The molecular weight excluding hydrogens is 292 g/mol. The van der Waals surface area contributed by atoms with Crippen LogP contribution in [0.3, 0.4) is 0 Å². The molecule has 5 nitrogen and oxygen atoms in total. The van der Waals surface area contributed by atoms with E-state index in [0.717, 1.165) is 17.7 Å². The second-order valence-electron chi connectivity index (χ2n) is 6.64. The highest BCUT2D eigenvalue weighted by Gasteiger charge is 2.26. The lowest BCUT2D eigenvalue weighted by Gasteiger charge is -2.31. The highest BCUT2D eigenvalue weighted by Crippen LogP contribution is 2.27.